The second-order valence-corrected chi connectivity index (χ2v) is 5.46. The maximum Gasteiger partial charge on any atom is 0.471 e. The Kier molecular flexibility index (Phi) is 4.29. The summed E-state index contributed by atoms with van der Waals surface area (Å²) in [6.45, 7) is -0.135. The third-order valence-electron chi connectivity index (χ3n) is 3.92. The van der Waals surface area contributed by atoms with Crippen molar-refractivity contribution < 1.29 is 18.0 Å². The molecule has 0 radical (unpaired) electrons. The molecule has 1 amide bonds. The minimum Gasteiger partial charge on any atom is -0.361 e. The first-order valence-electron chi connectivity index (χ1n) is 7.43. The molecule has 0 unspecified atom stereocenters. The zero-order valence-electron chi connectivity index (χ0n) is 12.6. The van der Waals surface area contributed by atoms with Gasteiger partial charge in [-0.2, -0.15) is 13.2 Å². The van der Waals surface area contributed by atoms with E-state index in [4.69, 9.17) is 0 Å². The van der Waals surface area contributed by atoms with Gasteiger partial charge in [-0.3, -0.25) is 4.79 Å². The Morgan fingerprint density at radius 2 is 1.71 bits per heavy atom. The molecule has 3 rings (SSSR count). The summed E-state index contributed by atoms with van der Waals surface area (Å²) in [5.74, 6) is -2.31. The highest BCUT2D eigenvalue weighted by atomic mass is 19.4. The highest BCUT2D eigenvalue weighted by Crippen LogP contribution is 2.30. The SMILES string of the molecule is O=C(NC[C@H](c1ccccc1)c1c[nH]c2ccccc12)C(F)(F)F. The van der Waals surface area contributed by atoms with Crippen molar-refractivity contribution in [3.05, 3.63) is 71.9 Å². The van der Waals surface area contributed by atoms with Gasteiger partial charge in [0.2, 0.25) is 0 Å². The molecule has 1 aromatic heterocycles. The van der Waals surface area contributed by atoms with Crippen LogP contribution < -0.4 is 5.32 Å². The molecule has 0 spiro atoms. The van der Waals surface area contributed by atoms with Crippen LogP contribution >= 0.6 is 0 Å². The molecule has 2 aromatic carbocycles. The summed E-state index contributed by atoms with van der Waals surface area (Å²) in [5.41, 5.74) is 2.58. The fourth-order valence-corrected chi connectivity index (χ4v) is 2.77. The molecular formula is C18H15F3N2O. The molecule has 0 aliphatic heterocycles. The number of carbonyl (C=O) groups is 1. The number of benzene rings is 2. The van der Waals surface area contributed by atoms with E-state index in [1.165, 1.54) is 0 Å². The smallest absolute Gasteiger partial charge is 0.361 e. The topological polar surface area (TPSA) is 44.9 Å². The van der Waals surface area contributed by atoms with Crippen LogP contribution in [0, 0.1) is 0 Å². The van der Waals surface area contributed by atoms with Gasteiger partial charge < -0.3 is 10.3 Å². The standard InChI is InChI=1S/C18H15F3N2O/c19-18(20,21)17(24)23-10-14(12-6-2-1-3-7-12)15-11-22-16-9-5-4-8-13(15)16/h1-9,11,14,22H,10H2,(H,23,24)/t14-/m1/s1. The maximum absolute atomic E-state index is 12.5. The highest BCUT2D eigenvalue weighted by molar-refractivity contribution is 5.85. The maximum atomic E-state index is 12.5. The van der Waals surface area contributed by atoms with Gasteiger partial charge in [0.05, 0.1) is 0 Å². The van der Waals surface area contributed by atoms with Crippen LogP contribution in [-0.2, 0) is 4.79 Å². The third-order valence-corrected chi connectivity index (χ3v) is 3.92. The van der Waals surface area contributed by atoms with E-state index in [0.717, 1.165) is 22.0 Å². The number of nitrogens with one attached hydrogen (secondary N) is 2. The minimum atomic E-state index is -4.89. The lowest BCUT2D eigenvalue weighted by Crippen LogP contribution is -2.39. The summed E-state index contributed by atoms with van der Waals surface area (Å²) in [5, 5.41) is 2.92. The Bertz CT molecular complexity index is 840. The van der Waals surface area contributed by atoms with E-state index < -0.39 is 12.1 Å². The average Bonchev–Trinajstić information content (AvgIpc) is 2.99. The number of amides is 1. The molecule has 6 heteroatoms. The van der Waals surface area contributed by atoms with E-state index in [1.807, 2.05) is 59.9 Å². The summed E-state index contributed by atoms with van der Waals surface area (Å²) in [6, 6.07) is 16.7. The Morgan fingerprint density at radius 3 is 2.42 bits per heavy atom. The minimum absolute atomic E-state index is 0.135. The lowest BCUT2D eigenvalue weighted by Gasteiger charge is -2.18. The predicted octanol–water partition coefficient (Wildman–Crippen LogP) is 3.98. The fraction of sp³-hybridized carbons (Fsp3) is 0.167. The number of fused-ring (bicyclic) bond motifs is 1. The first kappa shape index (κ1) is 16.1. The van der Waals surface area contributed by atoms with E-state index in [0.29, 0.717) is 0 Å². The highest BCUT2D eigenvalue weighted by Gasteiger charge is 2.38. The van der Waals surface area contributed by atoms with Crippen LogP contribution in [0.2, 0.25) is 0 Å². The van der Waals surface area contributed by atoms with Gasteiger partial charge >= 0.3 is 12.1 Å². The third kappa shape index (κ3) is 3.27. The van der Waals surface area contributed by atoms with Crippen molar-refractivity contribution in [3.8, 4) is 0 Å². The van der Waals surface area contributed by atoms with Gasteiger partial charge in [-0.15, -0.1) is 0 Å². The number of hydrogen-bond acceptors (Lipinski definition) is 1. The van der Waals surface area contributed by atoms with Crippen LogP contribution in [0.3, 0.4) is 0 Å². The Labute approximate surface area is 136 Å². The Hall–Kier alpha value is -2.76. The number of rotatable bonds is 4. The van der Waals surface area contributed by atoms with E-state index in [2.05, 4.69) is 4.98 Å². The van der Waals surface area contributed by atoms with Gasteiger partial charge in [0.25, 0.3) is 0 Å². The number of halogens is 3. The number of hydrogen-bond donors (Lipinski definition) is 2. The summed E-state index contributed by atoms with van der Waals surface area (Å²) in [6.07, 6.45) is -3.11. The van der Waals surface area contributed by atoms with Gasteiger partial charge in [-0.25, -0.2) is 0 Å². The molecule has 1 heterocycles. The van der Waals surface area contributed by atoms with Gasteiger partial charge in [0.1, 0.15) is 0 Å². The summed E-state index contributed by atoms with van der Waals surface area (Å²) in [4.78, 5) is 14.3. The molecule has 24 heavy (non-hydrogen) atoms. The monoisotopic (exact) mass is 332 g/mol. The molecule has 124 valence electrons. The molecule has 0 fully saturated rings. The molecule has 0 saturated heterocycles. The number of alkyl halides is 3. The molecule has 0 saturated carbocycles. The molecule has 2 N–H and O–H groups in total. The normalized spacial score (nSPS) is 13.0. The van der Waals surface area contributed by atoms with Crippen molar-refractivity contribution in [2.24, 2.45) is 0 Å². The van der Waals surface area contributed by atoms with Crippen LogP contribution in [0.15, 0.2) is 60.8 Å². The first-order valence-corrected chi connectivity index (χ1v) is 7.43. The first-order chi connectivity index (χ1) is 11.5. The Balaban J connectivity index is 1.96. The van der Waals surface area contributed by atoms with Crippen molar-refractivity contribution in [2.75, 3.05) is 6.54 Å². The van der Waals surface area contributed by atoms with Gasteiger partial charge in [0.15, 0.2) is 0 Å². The number of para-hydroxylation sites is 1. The molecule has 3 nitrogen and oxygen atoms in total. The largest absolute Gasteiger partial charge is 0.471 e. The summed E-state index contributed by atoms with van der Waals surface area (Å²) < 4.78 is 37.4. The zero-order valence-corrected chi connectivity index (χ0v) is 12.6. The second kappa shape index (κ2) is 6.39. The van der Waals surface area contributed by atoms with Crippen LogP contribution in [0.4, 0.5) is 13.2 Å². The van der Waals surface area contributed by atoms with Crippen LogP contribution in [-0.4, -0.2) is 23.6 Å². The lowest BCUT2D eigenvalue weighted by atomic mass is 9.91. The summed E-state index contributed by atoms with van der Waals surface area (Å²) in [7, 11) is 0. The van der Waals surface area contributed by atoms with E-state index in [9.17, 15) is 18.0 Å². The number of aromatic amines is 1. The fourth-order valence-electron chi connectivity index (χ4n) is 2.77. The number of H-pyrrole nitrogens is 1. The molecule has 1 atom stereocenters. The average molecular weight is 332 g/mol. The summed E-state index contributed by atoms with van der Waals surface area (Å²) >= 11 is 0. The van der Waals surface area contributed by atoms with Crippen LogP contribution in [0.1, 0.15) is 17.0 Å². The van der Waals surface area contributed by atoms with Crippen LogP contribution in [0.25, 0.3) is 10.9 Å². The number of aromatic nitrogens is 1. The Morgan fingerprint density at radius 1 is 1.04 bits per heavy atom. The van der Waals surface area contributed by atoms with Crippen molar-refractivity contribution in [3.63, 3.8) is 0 Å². The second-order valence-electron chi connectivity index (χ2n) is 5.46. The van der Waals surface area contributed by atoms with Crippen molar-refractivity contribution in [2.45, 2.75) is 12.1 Å². The molecule has 0 bridgehead atoms. The zero-order chi connectivity index (χ0) is 17.2. The van der Waals surface area contributed by atoms with Crippen molar-refractivity contribution in [1.82, 2.24) is 10.3 Å². The predicted molar refractivity (Wildman–Crippen MR) is 85.6 cm³/mol. The van der Waals surface area contributed by atoms with E-state index in [-0.39, 0.29) is 12.5 Å². The molecule has 0 aliphatic rings. The van der Waals surface area contributed by atoms with Crippen molar-refractivity contribution >= 4 is 16.8 Å². The molecule has 0 aliphatic carbocycles. The quantitative estimate of drug-likeness (QED) is 0.746. The van der Waals surface area contributed by atoms with E-state index in [1.54, 1.807) is 6.20 Å². The molecule has 3 aromatic rings. The van der Waals surface area contributed by atoms with Gasteiger partial charge in [-0.1, -0.05) is 48.5 Å². The van der Waals surface area contributed by atoms with Gasteiger partial charge in [0, 0.05) is 29.6 Å². The lowest BCUT2D eigenvalue weighted by molar-refractivity contribution is -0.173. The van der Waals surface area contributed by atoms with Crippen LogP contribution in [0.5, 0.6) is 0 Å². The van der Waals surface area contributed by atoms with Crippen molar-refractivity contribution in [1.29, 1.82) is 0 Å². The molecular weight excluding hydrogens is 317 g/mol. The van der Waals surface area contributed by atoms with E-state index >= 15 is 0 Å². The number of carbonyl (C=O) groups excluding carboxylic acids is 1. The van der Waals surface area contributed by atoms with Gasteiger partial charge in [-0.05, 0) is 17.2 Å².